The van der Waals surface area contributed by atoms with Gasteiger partial charge in [0, 0.05) is 40.3 Å². The van der Waals surface area contributed by atoms with Gasteiger partial charge in [0.2, 0.25) is 0 Å². The number of nitrogens with zero attached hydrogens (tertiary/aromatic N) is 5. The van der Waals surface area contributed by atoms with E-state index in [1.54, 1.807) is 48.5 Å². The van der Waals surface area contributed by atoms with E-state index in [-0.39, 0.29) is 28.7 Å². The predicted octanol–water partition coefficient (Wildman–Crippen LogP) is 7.22. The smallest absolute Gasteiger partial charge is 0.384 e. The second-order valence-electron chi connectivity index (χ2n) is 8.96. The molecule has 2 aromatic carbocycles. The highest BCUT2D eigenvalue weighted by Crippen LogP contribution is 2.39. The van der Waals surface area contributed by atoms with Crippen LogP contribution in [0.15, 0.2) is 85.3 Å². The maximum absolute atomic E-state index is 13.5. The van der Waals surface area contributed by atoms with E-state index < -0.39 is 36.1 Å². The van der Waals surface area contributed by atoms with Crippen molar-refractivity contribution in [1.29, 1.82) is 0 Å². The number of aromatic nitrogens is 5. The minimum Gasteiger partial charge on any atom is -0.384 e. The van der Waals surface area contributed by atoms with E-state index in [1.165, 1.54) is 23.3 Å². The van der Waals surface area contributed by atoms with Gasteiger partial charge in [0.05, 0.1) is 29.1 Å². The molecule has 6 nitrogen and oxygen atoms in total. The molecule has 0 aliphatic heterocycles. The summed E-state index contributed by atoms with van der Waals surface area (Å²) in [7, 11) is 0. The molecule has 1 atom stereocenters. The first-order chi connectivity index (χ1) is 19.4. The minimum absolute atomic E-state index is 0.0658. The first kappa shape index (κ1) is 28.2. The van der Waals surface area contributed by atoms with Crippen LogP contribution in [0.3, 0.4) is 0 Å². The van der Waals surface area contributed by atoms with Crippen molar-refractivity contribution < 1.29 is 31.4 Å². The van der Waals surface area contributed by atoms with Gasteiger partial charge in [-0.05, 0) is 48.0 Å². The molecule has 0 saturated heterocycles. The number of hydrogen-bond acceptors (Lipinski definition) is 5. The molecule has 1 N–H and O–H groups in total. The molecule has 5 aromatic rings. The maximum Gasteiger partial charge on any atom is 0.416 e. The van der Waals surface area contributed by atoms with Crippen molar-refractivity contribution in [3.8, 4) is 22.6 Å². The lowest BCUT2D eigenvalue weighted by molar-refractivity contribution is -0.143. The monoisotopic (exact) mass is 589 g/mol. The molecule has 41 heavy (non-hydrogen) atoms. The van der Waals surface area contributed by atoms with Gasteiger partial charge in [-0.25, -0.2) is 4.68 Å². The van der Waals surface area contributed by atoms with Crippen LogP contribution in [-0.4, -0.2) is 30.1 Å². The Labute approximate surface area is 233 Å². The van der Waals surface area contributed by atoms with E-state index in [1.807, 2.05) is 0 Å². The molecular formula is C28H18ClF6N5O. The summed E-state index contributed by atoms with van der Waals surface area (Å²) in [4.78, 5) is 8.37. The summed E-state index contributed by atoms with van der Waals surface area (Å²) in [5.74, 6) is 0. The average molecular weight is 590 g/mol. The van der Waals surface area contributed by atoms with E-state index >= 15 is 0 Å². The third-order valence-corrected chi connectivity index (χ3v) is 6.57. The summed E-state index contributed by atoms with van der Waals surface area (Å²) in [6.07, 6.45) is -6.87. The van der Waals surface area contributed by atoms with E-state index in [4.69, 9.17) is 11.6 Å². The second kappa shape index (κ2) is 10.9. The molecular weight excluding hydrogens is 572 g/mol. The second-order valence-corrected chi connectivity index (χ2v) is 9.37. The molecule has 13 heteroatoms. The van der Waals surface area contributed by atoms with Crippen LogP contribution < -0.4 is 0 Å². The molecule has 3 heterocycles. The normalized spacial score (nSPS) is 12.9. The topological polar surface area (TPSA) is 76.7 Å². The van der Waals surface area contributed by atoms with Crippen molar-refractivity contribution in [2.75, 3.05) is 0 Å². The Kier molecular flexibility index (Phi) is 7.54. The van der Waals surface area contributed by atoms with Gasteiger partial charge in [-0.15, -0.1) is 5.10 Å². The maximum atomic E-state index is 13.5. The third kappa shape index (κ3) is 5.93. The first-order valence-corrected chi connectivity index (χ1v) is 12.3. The Morgan fingerprint density at radius 3 is 2.05 bits per heavy atom. The van der Waals surface area contributed by atoms with Crippen LogP contribution in [0.2, 0.25) is 5.02 Å². The van der Waals surface area contributed by atoms with Gasteiger partial charge in [-0.1, -0.05) is 41.1 Å². The summed E-state index contributed by atoms with van der Waals surface area (Å²) in [6, 6.07) is 14.4. The van der Waals surface area contributed by atoms with Gasteiger partial charge < -0.3 is 5.11 Å². The molecule has 0 amide bonds. The van der Waals surface area contributed by atoms with E-state index in [0.29, 0.717) is 33.8 Å². The summed E-state index contributed by atoms with van der Waals surface area (Å²) >= 11 is 6.30. The Hall–Kier alpha value is -4.29. The van der Waals surface area contributed by atoms with Crippen LogP contribution in [0.1, 0.15) is 33.9 Å². The lowest BCUT2D eigenvalue weighted by Crippen LogP contribution is -2.13. The first-order valence-electron chi connectivity index (χ1n) is 11.9. The van der Waals surface area contributed by atoms with Crippen molar-refractivity contribution in [3.05, 3.63) is 118 Å². The SMILES string of the molecule is OC(c1ccccc1Cl)c1cccnc1-c1nnn(Cc2cc(C(F)(F)F)cc(C(F)(F)F)c2)c1-c1ccncc1. The van der Waals surface area contributed by atoms with Crippen LogP contribution in [0.25, 0.3) is 22.6 Å². The molecule has 210 valence electrons. The number of pyridine rings is 2. The summed E-state index contributed by atoms with van der Waals surface area (Å²) in [5.41, 5.74) is -1.44. The highest BCUT2D eigenvalue weighted by Gasteiger charge is 2.37. The number of rotatable bonds is 6. The van der Waals surface area contributed by atoms with E-state index in [2.05, 4.69) is 20.3 Å². The van der Waals surface area contributed by atoms with E-state index in [9.17, 15) is 31.4 Å². The Morgan fingerprint density at radius 1 is 0.780 bits per heavy atom. The van der Waals surface area contributed by atoms with Crippen LogP contribution in [-0.2, 0) is 18.9 Å². The Balaban J connectivity index is 1.66. The lowest BCUT2D eigenvalue weighted by Gasteiger charge is -2.17. The highest BCUT2D eigenvalue weighted by atomic mass is 35.5. The quantitative estimate of drug-likeness (QED) is 0.212. The number of hydrogen-bond donors (Lipinski definition) is 1. The number of aliphatic hydroxyl groups is 1. The zero-order valence-corrected chi connectivity index (χ0v) is 21.5. The number of alkyl halides is 6. The van der Waals surface area contributed by atoms with Gasteiger partial charge in [0.1, 0.15) is 11.8 Å². The number of aliphatic hydroxyl groups excluding tert-OH is 1. The van der Waals surface area contributed by atoms with Gasteiger partial charge >= 0.3 is 12.4 Å². The molecule has 5 rings (SSSR count). The zero-order chi connectivity index (χ0) is 29.4. The fourth-order valence-electron chi connectivity index (χ4n) is 4.36. The Morgan fingerprint density at radius 2 is 1.41 bits per heavy atom. The van der Waals surface area contributed by atoms with Gasteiger partial charge in [-0.2, -0.15) is 26.3 Å². The highest BCUT2D eigenvalue weighted by molar-refractivity contribution is 6.31. The Bertz CT molecular complexity index is 1660. The molecule has 0 radical (unpaired) electrons. The molecule has 1 unspecified atom stereocenters. The molecule has 0 aliphatic rings. The van der Waals surface area contributed by atoms with Crippen LogP contribution >= 0.6 is 11.6 Å². The standard InChI is InChI=1S/C28H18ClF6N5O/c29-22-6-2-1-4-20(22)26(41)21-5-3-9-37-23(21)24-25(17-7-10-36-11-8-17)40(39-38-24)15-16-12-18(27(30,31)32)14-19(13-16)28(33,34)35/h1-14,26,41H,15H2. The molecule has 0 spiro atoms. The van der Waals surface area contributed by atoms with Crippen molar-refractivity contribution in [3.63, 3.8) is 0 Å². The van der Waals surface area contributed by atoms with Gasteiger partial charge in [0.25, 0.3) is 0 Å². The van der Waals surface area contributed by atoms with Gasteiger partial charge in [-0.3, -0.25) is 9.97 Å². The molecule has 0 saturated carbocycles. The van der Waals surface area contributed by atoms with Gasteiger partial charge in [0.15, 0.2) is 0 Å². The van der Waals surface area contributed by atoms with E-state index in [0.717, 1.165) is 0 Å². The summed E-state index contributed by atoms with van der Waals surface area (Å²) in [6.45, 7) is -0.479. The van der Waals surface area contributed by atoms with Crippen molar-refractivity contribution >= 4 is 11.6 Å². The van der Waals surface area contributed by atoms with Crippen molar-refractivity contribution in [2.45, 2.75) is 25.0 Å². The summed E-state index contributed by atoms with van der Waals surface area (Å²) in [5, 5.41) is 19.8. The fraction of sp³-hybridized carbons (Fsp3) is 0.143. The van der Waals surface area contributed by atoms with Crippen LogP contribution in [0.4, 0.5) is 26.3 Å². The van der Waals surface area contributed by atoms with Crippen LogP contribution in [0, 0.1) is 0 Å². The minimum atomic E-state index is -5.00. The molecule has 0 aliphatic carbocycles. The van der Waals surface area contributed by atoms with Crippen molar-refractivity contribution in [1.82, 2.24) is 25.0 Å². The number of halogens is 7. The number of benzene rings is 2. The molecule has 3 aromatic heterocycles. The predicted molar refractivity (Wildman–Crippen MR) is 138 cm³/mol. The fourth-order valence-corrected chi connectivity index (χ4v) is 4.60. The summed E-state index contributed by atoms with van der Waals surface area (Å²) < 4.78 is 82.1. The third-order valence-electron chi connectivity index (χ3n) is 6.23. The molecule has 0 fully saturated rings. The van der Waals surface area contributed by atoms with Crippen molar-refractivity contribution in [2.24, 2.45) is 0 Å². The lowest BCUT2D eigenvalue weighted by atomic mass is 9.97. The zero-order valence-electron chi connectivity index (χ0n) is 20.7. The average Bonchev–Trinajstić information content (AvgIpc) is 3.35. The largest absolute Gasteiger partial charge is 0.416 e. The van der Waals surface area contributed by atoms with Crippen LogP contribution in [0.5, 0.6) is 0 Å². The molecule has 0 bridgehead atoms.